The number of hydrogen-bond donors (Lipinski definition) is 0. The number of benzene rings is 1. The van der Waals surface area contributed by atoms with Gasteiger partial charge in [-0.15, -0.1) is 11.8 Å². The highest BCUT2D eigenvalue weighted by molar-refractivity contribution is 7.99. The van der Waals surface area contributed by atoms with Gasteiger partial charge in [0.05, 0.1) is 10.9 Å². The Hall–Kier alpha value is -2.12. The van der Waals surface area contributed by atoms with Crippen LogP contribution in [0.1, 0.15) is 76.0 Å². The fourth-order valence-electron chi connectivity index (χ4n) is 3.72. The normalized spacial score (nSPS) is 18.2. The van der Waals surface area contributed by atoms with E-state index in [1.165, 1.54) is 28.0 Å². The zero-order valence-electron chi connectivity index (χ0n) is 18.7. The number of ether oxygens (including phenoxy) is 1. The van der Waals surface area contributed by atoms with Gasteiger partial charge in [0.1, 0.15) is 0 Å². The minimum Gasteiger partial charge on any atom is -0.451 e. The van der Waals surface area contributed by atoms with Crippen LogP contribution in [0.25, 0.3) is 0 Å². The molecule has 0 spiro atoms. The van der Waals surface area contributed by atoms with Gasteiger partial charge in [0.2, 0.25) is 5.91 Å². The highest BCUT2D eigenvalue weighted by Gasteiger charge is 2.43. The second-order valence-corrected chi connectivity index (χ2v) is 9.92. The van der Waals surface area contributed by atoms with Crippen LogP contribution in [0.15, 0.2) is 46.0 Å². The first-order valence-corrected chi connectivity index (χ1v) is 13.2. The Kier molecular flexibility index (Phi) is 9.36. The van der Waals surface area contributed by atoms with Crippen molar-refractivity contribution in [1.29, 1.82) is 0 Å². The quantitative estimate of drug-likeness (QED) is 0.290. The van der Waals surface area contributed by atoms with Crippen LogP contribution in [-0.4, -0.2) is 23.9 Å². The molecule has 7 heteroatoms. The molecule has 2 amide bonds. The van der Waals surface area contributed by atoms with Crippen LogP contribution in [0, 0.1) is 0 Å². The molecule has 1 aromatic heterocycles. The van der Waals surface area contributed by atoms with Crippen LogP contribution in [-0.2, 0) is 19.1 Å². The van der Waals surface area contributed by atoms with Gasteiger partial charge < -0.3 is 4.74 Å². The van der Waals surface area contributed by atoms with Gasteiger partial charge in [-0.05, 0) is 47.4 Å². The molecule has 172 valence electrons. The van der Waals surface area contributed by atoms with Crippen molar-refractivity contribution in [2.24, 2.45) is 0 Å². The molecule has 0 N–H and O–H groups in total. The van der Waals surface area contributed by atoms with Gasteiger partial charge >= 0.3 is 5.97 Å². The summed E-state index contributed by atoms with van der Waals surface area (Å²) >= 11 is 3.02. The van der Waals surface area contributed by atoms with E-state index in [4.69, 9.17) is 4.74 Å². The van der Waals surface area contributed by atoms with E-state index in [9.17, 15) is 14.4 Å². The number of unbranched alkanes of at least 4 members (excludes halogenated alkanes) is 4. The van der Waals surface area contributed by atoms with Gasteiger partial charge in [0.15, 0.2) is 6.10 Å². The van der Waals surface area contributed by atoms with E-state index in [1.54, 1.807) is 6.07 Å². The molecule has 5 nitrogen and oxygen atoms in total. The maximum Gasteiger partial charge on any atom is 0.306 e. The summed E-state index contributed by atoms with van der Waals surface area (Å²) < 4.78 is 5.81. The molecule has 0 aliphatic carbocycles. The number of rotatable bonds is 10. The Balaban J connectivity index is 1.95. The van der Waals surface area contributed by atoms with Gasteiger partial charge in [-0.1, -0.05) is 51.7 Å². The molecule has 0 fully saturated rings. The van der Waals surface area contributed by atoms with E-state index >= 15 is 0 Å². The summed E-state index contributed by atoms with van der Waals surface area (Å²) in [6.07, 6.45) is 4.82. The molecule has 0 saturated carbocycles. The second-order valence-electron chi connectivity index (χ2n) is 7.95. The minimum atomic E-state index is -1.05. The fourth-order valence-corrected chi connectivity index (χ4v) is 5.79. The van der Waals surface area contributed by atoms with Crippen LogP contribution in [0.4, 0.5) is 5.69 Å². The lowest BCUT2D eigenvalue weighted by Crippen LogP contribution is -2.46. The van der Waals surface area contributed by atoms with Gasteiger partial charge in [-0.3, -0.25) is 14.4 Å². The molecule has 0 bridgehead atoms. The lowest BCUT2D eigenvalue weighted by atomic mass is 10.1. The summed E-state index contributed by atoms with van der Waals surface area (Å²) in [7, 11) is 0. The summed E-state index contributed by atoms with van der Waals surface area (Å²) in [6, 6.07) is 9.40. The third-order valence-corrected chi connectivity index (χ3v) is 7.53. The van der Waals surface area contributed by atoms with Crippen LogP contribution >= 0.6 is 23.1 Å². The Bertz CT molecular complexity index is 912. The van der Waals surface area contributed by atoms with Crippen molar-refractivity contribution >= 4 is 46.6 Å². The first kappa shape index (κ1) is 24.5. The number of para-hydroxylation sites is 1. The minimum absolute atomic E-state index is 0.241. The van der Waals surface area contributed by atoms with Gasteiger partial charge in [-0.2, -0.15) is 11.3 Å². The summed E-state index contributed by atoms with van der Waals surface area (Å²) in [5, 5.41) is 3.52. The SMILES string of the molecule is CCCCCC(=O)O[C@H]1C(=O)N(C(=O)CCCCC)c2ccccc2S[C@H]1c1ccsc1. The molecule has 1 aliphatic rings. The predicted molar refractivity (Wildman–Crippen MR) is 130 cm³/mol. The van der Waals surface area contributed by atoms with E-state index in [0.29, 0.717) is 12.1 Å². The first-order chi connectivity index (χ1) is 15.6. The zero-order chi connectivity index (χ0) is 22.9. The Morgan fingerprint density at radius 1 is 1.00 bits per heavy atom. The summed E-state index contributed by atoms with van der Waals surface area (Å²) in [5.41, 5.74) is 1.50. The lowest BCUT2D eigenvalue weighted by molar-refractivity contribution is -0.155. The van der Waals surface area contributed by atoms with Gasteiger partial charge in [0.25, 0.3) is 5.91 Å². The summed E-state index contributed by atoms with van der Waals surface area (Å²) in [4.78, 5) is 41.7. The number of amides is 2. The highest BCUT2D eigenvalue weighted by Crippen LogP contribution is 2.47. The maximum atomic E-state index is 13.8. The average molecular weight is 474 g/mol. The van der Waals surface area contributed by atoms with Crippen LogP contribution in [0.2, 0.25) is 0 Å². The molecule has 0 unspecified atom stereocenters. The van der Waals surface area contributed by atoms with Crippen molar-refractivity contribution in [3.63, 3.8) is 0 Å². The molecule has 0 saturated heterocycles. The molecule has 3 rings (SSSR count). The third-order valence-electron chi connectivity index (χ3n) is 5.46. The van der Waals surface area contributed by atoms with Crippen LogP contribution in [0.5, 0.6) is 0 Å². The number of carbonyl (C=O) groups is 3. The number of thioether (sulfide) groups is 1. The Labute approximate surface area is 198 Å². The zero-order valence-corrected chi connectivity index (χ0v) is 20.4. The number of anilines is 1. The standard InChI is InChI=1S/C25H31NO4S2/c1-3-5-7-13-21(27)26-19-11-9-10-12-20(19)32-24(18-15-16-31-17-18)23(25(26)29)30-22(28)14-8-6-4-2/h9-12,15-17,23-24H,3-8,13-14H2,1-2H3/t23-,24+/m1/s1. The maximum absolute atomic E-state index is 13.8. The Morgan fingerprint density at radius 3 is 2.41 bits per heavy atom. The van der Waals surface area contributed by atoms with Crippen molar-refractivity contribution in [2.75, 3.05) is 4.90 Å². The first-order valence-electron chi connectivity index (χ1n) is 11.4. The molecule has 2 atom stereocenters. The van der Waals surface area contributed by atoms with E-state index in [0.717, 1.165) is 49.0 Å². The number of carbonyl (C=O) groups excluding carboxylic acids is 3. The summed E-state index contributed by atoms with van der Waals surface area (Å²) in [5.74, 6) is -1.08. The van der Waals surface area contributed by atoms with Gasteiger partial charge in [-0.25, -0.2) is 4.90 Å². The van der Waals surface area contributed by atoms with E-state index in [2.05, 4.69) is 13.8 Å². The van der Waals surface area contributed by atoms with Crippen molar-refractivity contribution in [3.8, 4) is 0 Å². The smallest absolute Gasteiger partial charge is 0.306 e. The highest BCUT2D eigenvalue weighted by atomic mass is 32.2. The number of nitrogens with zero attached hydrogens (tertiary/aromatic N) is 1. The van der Waals surface area contributed by atoms with Crippen molar-refractivity contribution in [2.45, 2.75) is 81.5 Å². The number of hydrogen-bond acceptors (Lipinski definition) is 6. The lowest BCUT2D eigenvalue weighted by Gasteiger charge is -2.26. The molecule has 2 heterocycles. The molecule has 1 aromatic carbocycles. The third kappa shape index (κ3) is 6.01. The fraction of sp³-hybridized carbons (Fsp3) is 0.480. The number of fused-ring (bicyclic) bond motifs is 1. The van der Waals surface area contributed by atoms with Crippen molar-refractivity contribution in [3.05, 3.63) is 46.7 Å². The van der Waals surface area contributed by atoms with E-state index < -0.39 is 17.3 Å². The molecular formula is C25H31NO4S2. The number of thiophene rings is 1. The van der Waals surface area contributed by atoms with Crippen molar-refractivity contribution < 1.29 is 19.1 Å². The van der Waals surface area contributed by atoms with Gasteiger partial charge in [0, 0.05) is 17.7 Å². The molecular weight excluding hydrogens is 442 g/mol. The molecule has 1 aliphatic heterocycles. The Morgan fingerprint density at radius 2 is 1.72 bits per heavy atom. The average Bonchev–Trinajstić information content (AvgIpc) is 3.28. The van der Waals surface area contributed by atoms with Crippen molar-refractivity contribution in [1.82, 2.24) is 0 Å². The number of esters is 1. The summed E-state index contributed by atoms with van der Waals surface area (Å²) in [6.45, 7) is 4.15. The van der Waals surface area contributed by atoms with Crippen LogP contribution < -0.4 is 4.90 Å². The topological polar surface area (TPSA) is 63.7 Å². The van der Waals surface area contributed by atoms with E-state index in [1.807, 2.05) is 35.0 Å². The monoisotopic (exact) mass is 473 g/mol. The largest absolute Gasteiger partial charge is 0.451 e. The molecule has 32 heavy (non-hydrogen) atoms. The molecule has 2 aromatic rings. The van der Waals surface area contributed by atoms with Crippen LogP contribution in [0.3, 0.4) is 0 Å². The van der Waals surface area contributed by atoms with E-state index in [-0.39, 0.29) is 18.3 Å². The molecule has 0 radical (unpaired) electrons. The second kappa shape index (κ2) is 12.2. The predicted octanol–water partition coefficient (Wildman–Crippen LogP) is 6.53. The number of imide groups is 1.